The summed E-state index contributed by atoms with van der Waals surface area (Å²) in [6.45, 7) is 2.02. The van der Waals surface area contributed by atoms with E-state index in [2.05, 4.69) is 15.6 Å². The standard InChI is InChI=1S/C22H28FN3O3.HI/c1-24-21(26-18-8-9-19(27-2)20(14-18)28-3)25-15-22(10-12-29-13-11-22)16-4-6-17(23)7-5-16;/h4-9,14H,10-13,15H2,1-3H3,(H2,24,25,26);1H. The number of benzene rings is 2. The van der Waals surface area contributed by atoms with Crippen molar-refractivity contribution in [2.24, 2.45) is 4.99 Å². The zero-order chi connectivity index (χ0) is 20.7. The Hall–Kier alpha value is -2.07. The molecule has 2 aromatic rings. The fourth-order valence-electron chi connectivity index (χ4n) is 3.62. The smallest absolute Gasteiger partial charge is 0.195 e. The number of rotatable bonds is 6. The Kier molecular flexibility index (Phi) is 9.16. The van der Waals surface area contributed by atoms with Crippen molar-refractivity contribution >= 4 is 35.6 Å². The molecule has 0 atom stereocenters. The Bertz CT molecular complexity index is 840. The lowest BCUT2D eigenvalue weighted by Crippen LogP contribution is -2.46. The topological polar surface area (TPSA) is 64.1 Å². The monoisotopic (exact) mass is 529 g/mol. The van der Waals surface area contributed by atoms with Crippen LogP contribution in [0.4, 0.5) is 10.1 Å². The summed E-state index contributed by atoms with van der Waals surface area (Å²) in [7, 11) is 4.94. The van der Waals surface area contributed by atoms with E-state index in [1.54, 1.807) is 21.3 Å². The molecule has 0 aliphatic carbocycles. The van der Waals surface area contributed by atoms with Crippen LogP contribution in [0.2, 0.25) is 0 Å². The van der Waals surface area contributed by atoms with E-state index in [1.807, 2.05) is 30.3 Å². The molecular formula is C22H29FIN3O3. The number of guanidine groups is 1. The van der Waals surface area contributed by atoms with Crippen LogP contribution >= 0.6 is 24.0 Å². The molecule has 0 aromatic heterocycles. The van der Waals surface area contributed by atoms with Crippen LogP contribution in [0.3, 0.4) is 0 Å². The number of nitrogens with zero attached hydrogens (tertiary/aromatic N) is 1. The fourth-order valence-corrected chi connectivity index (χ4v) is 3.62. The van der Waals surface area contributed by atoms with Gasteiger partial charge < -0.3 is 24.8 Å². The molecule has 0 bridgehead atoms. The fraction of sp³-hybridized carbons (Fsp3) is 0.409. The first kappa shape index (κ1) is 24.2. The van der Waals surface area contributed by atoms with Gasteiger partial charge >= 0.3 is 0 Å². The average Bonchev–Trinajstić information content (AvgIpc) is 2.77. The molecule has 30 heavy (non-hydrogen) atoms. The number of aliphatic imine (C=N–C) groups is 1. The SMILES string of the molecule is CN=C(NCC1(c2ccc(F)cc2)CCOCC1)Nc1ccc(OC)c(OC)c1.I. The van der Waals surface area contributed by atoms with Gasteiger partial charge in [-0.3, -0.25) is 4.99 Å². The van der Waals surface area contributed by atoms with Crippen LogP contribution in [0.1, 0.15) is 18.4 Å². The molecule has 164 valence electrons. The Labute approximate surface area is 194 Å². The van der Waals surface area contributed by atoms with Crippen LogP contribution in [0.25, 0.3) is 0 Å². The van der Waals surface area contributed by atoms with Gasteiger partial charge in [0.25, 0.3) is 0 Å². The van der Waals surface area contributed by atoms with Gasteiger partial charge in [0.05, 0.1) is 14.2 Å². The number of hydrogen-bond acceptors (Lipinski definition) is 4. The third-order valence-electron chi connectivity index (χ3n) is 5.37. The van der Waals surface area contributed by atoms with Crippen molar-refractivity contribution in [2.75, 3.05) is 46.3 Å². The largest absolute Gasteiger partial charge is 0.493 e. The van der Waals surface area contributed by atoms with Crippen LogP contribution in [0, 0.1) is 5.82 Å². The van der Waals surface area contributed by atoms with Crippen molar-refractivity contribution in [2.45, 2.75) is 18.3 Å². The molecule has 1 aliphatic rings. The van der Waals surface area contributed by atoms with Crippen molar-refractivity contribution in [1.82, 2.24) is 5.32 Å². The van der Waals surface area contributed by atoms with Crippen molar-refractivity contribution in [3.63, 3.8) is 0 Å². The van der Waals surface area contributed by atoms with Gasteiger partial charge in [0, 0.05) is 44.0 Å². The van der Waals surface area contributed by atoms with Crippen LogP contribution in [0.5, 0.6) is 11.5 Å². The zero-order valence-electron chi connectivity index (χ0n) is 17.5. The van der Waals surface area contributed by atoms with Gasteiger partial charge in [0.15, 0.2) is 17.5 Å². The quantitative estimate of drug-likeness (QED) is 0.334. The highest BCUT2D eigenvalue weighted by atomic mass is 127. The first-order chi connectivity index (χ1) is 14.1. The van der Waals surface area contributed by atoms with E-state index in [0.717, 1.165) is 24.1 Å². The van der Waals surface area contributed by atoms with Crippen LogP contribution in [0.15, 0.2) is 47.5 Å². The summed E-state index contributed by atoms with van der Waals surface area (Å²) < 4.78 is 29.6. The van der Waals surface area contributed by atoms with Gasteiger partial charge in [0.2, 0.25) is 0 Å². The Morgan fingerprint density at radius 2 is 1.73 bits per heavy atom. The normalized spacial score (nSPS) is 15.7. The van der Waals surface area contributed by atoms with E-state index in [4.69, 9.17) is 14.2 Å². The first-order valence-electron chi connectivity index (χ1n) is 9.64. The maximum Gasteiger partial charge on any atom is 0.195 e. The zero-order valence-corrected chi connectivity index (χ0v) is 19.9. The summed E-state index contributed by atoms with van der Waals surface area (Å²) in [5, 5.41) is 6.71. The molecule has 0 unspecified atom stereocenters. The van der Waals surface area contributed by atoms with E-state index in [0.29, 0.717) is 37.2 Å². The molecular weight excluding hydrogens is 500 g/mol. The van der Waals surface area contributed by atoms with Crippen molar-refractivity contribution < 1.29 is 18.6 Å². The van der Waals surface area contributed by atoms with Gasteiger partial charge in [-0.25, -0.2) is 4.39 Å². The maximum atomic E-state index is 13.4. The molecule has 0 spiro atoms. The number of halogens is 2. The summed E-state index contributed by atoms with van der Waals surface area (Å²) in [5.74, 6) is 1.72. The lowest BCUT2D eigenvalue weighted by molar-refractivity contribution is 0.0514. The predicted octanol–water partition coefficient (Wildman–Crippen LogP) is 4.20. The van der Waals surface area contributed by atoms with Crippen molar-refractivity contribution in [1.29, 1.82) is 0 Å². The van der Waals surface area contributed by atoms with E-state index in [1.165, 1.54) is 12.1 Å². The second-order valence-electron chi connectivity index (χ2n) is 7.02. The van der Waals surface area contributed by atoms with Crippen LogP contribution < -0.4 is 20.1 Å². The van der Waals surface area contributed by atoms with Gasteiger partial charge in [-0.15, -0.1) is 24.0 Å². The summed E-state index contributed by atoms with van der Waals surface area (Å²) in [4.78, 5) is 4.34. The minimum atomic E-state index is -0.227. The molecule has 1 heterocycles. The highest BCUT2D eigenvalue weighted by Gasteiger charge is 2.34. The van der Waals surface area contributed by atoms with E-state index < -0.39 is 0 Å². The third kappa shape index (κ3) is 5.75. The highest BCUT2D eigenvalue weighted by Crippen LogP contribution is 2.34. The lowest BCUT2D eigenvalue weighted by atomic mass is 9.74. The molecule has 1 aliphatic heterocycles. The molecule has 6 nitrogen and oxygen atoms in total. The molecule has 0 amide bonds. The summed E-state index contributed by atoms with van der Waals surface area (Å²) >= 11 is 0. The van der Waals surface area contributed by atoms with Crippen molar-refractivity contribution in [3.8, 4) is 11.5 Å². The Balaban J connectivity index is 0.00000320. The number of ether oxygens (including phenoxy) is 3. The maximum absolute atomic E-state index is 13.4. The third-order valence-corrected chi connectivity index (χ3v) is 5.37. The van der Waals surface area contributed by atoms with E-state index in [9.17, 15) is 4.39 Å². The molecule has 2 N–H and O–H groups in total. The predicted molar refractivity (Wildman–Crippen MR) is 128 cm³/mol. The molecule has 2 aromatic carbocycles. The molecule has 0 saturated carbocycles. The minimum Gasteiger partial charge on any atom is -0.493 e. The summed E-state index contributed by atoms with van der Waals surface area (Å²) in [5.41, 5.74) is 1.80. The van der Waals surface area contributed by atoms with Crippen LogP contribution in [-0.2, 0) is 10.2 Å². The summed E-state index contributed by atoms with van der Waals surface area (Å²) in [6.07, 6.45) is 1.72. The number of anilines is 1. The van der Waals surface area contributed by atoms with Gasteiger partial charge in [-0.05, 0) is 42.7 Å². The number of nitrogens with one attached hydrogen (secondary N) is 2. The average molecular weight is 529 g/mol. The molecule has 0 radical (unpaired) electrons. The van der Waals surface area contributed by atoms with E-state index in [-0.39, 0.29) is 35.2 Å². The highest BCUT2D eigenvalue weighted by molar-refractivity contribution is 14.0. The van der Waals surface area contributed by atoms with Crippen molar-refractivity contribution in [3.05, 3.63) is 53.8 Å². The number of hydrogen-bond donors (Lipinski definition) is 2. The van der Waals surface area contributed by atoms with Gasteiger partial charge in [-0.2, -0.15) is 0 Å². The van der Waals surface area contributed by atoms with Crippen LogP contribution in [-0.4, -0.2) is 47.0 Å². The van der Waals surface area contributed by atoms with Gasteiger partial charge in [-0.1, -0.05) is 12.1 Å². The molecule has 1 fully saturated rings. The second-order valence-corrected chi connectivity index (χ2v) is 7.02. The first-order valence-corrected chi connectivity index (χ1v) is 9.64. The lowest BCUT2D eigenvalue weighted by Gasteiger charge is -2.38. The molecule has 3 rings (SSSR count). The number of methoxy groups -OCH3 is 2. The molecule has 8 heteroatoms. The minimum absolute atomic E-state index is 0. The molecule has 1 saturated heterocycles. The second kappa shape index (κ2) is 11.4. The van der Waals surface area contributed by atoms with Gasteiger partial charge in [0.1, 0.15) is 5.82 Å². The van der Waals surface area contributed by atoms with E-state index >= 15 is 0 Å². The Morgan fingerprint density at radius 3 is 2.33 bits per heavy atom. The Morgan fingerprint density at radius 1 is 1.07 bits per heavy atom. The summed E-state index contributed by atoms with van der Waals surface area (Å²) in [6, 6.07) is 12.4.